The molecule has 1 saturated heterocycles. The van der Waals surface area contributed by atoms with Crippen LogP contribution in [0.15, 0.2) is 166 Å². The van der Waals surface area contributed by atoms with Gasteiger partial charge in [0.25, 0.3) is 13.9 Å². The summed E-state index contributed by atoms with van der Waals surface area (Å²) in [6, 6.07) is 46.9. The van der Waals surface area contributed by atoms with E-state index in [0.29, 0.717) is 11.5 Å². The highest BCUT2D eigenvalue weighted by molar-refractivity contribution is 6.99. The molecule has 326 valence electrons. The van der Waals surface area contributed by atoms with Crippen molar-refractivity contribution in [1.82, 2.24) is 9.55 Å². The Bertz CT molecular complexity index is 2490. The van der Waals surface area contributed by atoms with Crippen molar-refractivity contribution in [2.75, 3.05) is 27.9 Å². The molecule has 0 radical (unpaired) electrons. The van der Waals surface area contributed by atoms with Gasteiger partial charge in [-0.15, -0.1) is 0 Å². The van der Waals surface area contributed by atoms with Crippen molar-refractivity contribution in [3.05, 3.63) is 200 Å². The lowest BCUT2D eigenvalue weighted by molar-refractivity contribution is -0.144. The lowest BCUT2D eigenvalue weighted by Crippen LogP contribution is -2.69. The van der Waals surface area contributed by atoms with Gasteiger partial charge >= 0.3 is 5.69 Å². The highest BCUT2D eigenvalue weighted by Gasteiger charge is 2.59. The summed E-state index contributed by atoms with van der Waals surface area (Å²) >= 11 is 0. The average Bonchev–Trinajstić information content (AvgIpc) is 3.67. The van der Waals surface area contributed by atoms with Gasteiger partial charge in [0, 0.05) is 30.8 Å². The van der Waals surface area contributed by atoms with Gasteiger partial charge in [-0.05, 0) is 68.3 Å². The van der Waals surface area contributed by atoms with Crippen LogP contribution in [-0.4, -0.2) is 70.2 Å². The summed E-state index contributed by atoms with van der Waals surface area (Å²) in [5, 5.41) is 5.56. The number of aromatic amines is 1. The lowest BCUT2D eigenvalue weighted by atomic mass is 9.79. The summed E-state index contributed by atoms with van der Waals surface area (Å²) < 4.78 is 41.8. The molecule has 1 aliphatic rings. The fourth-order valence-corrected chi connectivity index (χ4v) is 13.6. The number of ether oxygens (including phenoxy) is 5. The number of hydrogen-bond donors (Lipinski definition) is 1. The first-order chi connectivity index (χ1) is 30.5. The number of methoxy groups -OCH3 is 3. The minimum absolute atomic E-state index is 0.0317. The second-order valence-electron chi connectivity index (χ2n) is 16.4. The van der Waals surface area contributed by atoms with Crippen LogP contribution >= 0.6 is 0 Å². The Morgan fingerprint density at radius 1 is 0.730 bits per heavy atom. The SMILES string of the molecule is COc1ccc(C(OC(CCN=[N+]=[N-])[C@H]2O[C@H](n3ccc(=O)[nH]c3=O)[C@H](OC)[C@@H]2O[Si](c2ccccc2)(c2ccccc2)C(C)(C)C)(c2ccccc2)c2ccc(OC)cc2)cc1. The second kappa shape index (κ2) is 19.4. The van der Waals surface area contributed by atoms with E-state index in [1.807, 2.05) is 115 Å². The Morgan fingerprint density at radius 2 is 1.24 bits per heavy atom. The third kappa shape index (κ3) is 8.87. The number of benzene rings is 5. The molecule has 0 bridgehead atoms. The Morgan fingerprint density at radius 3 is 1.70 bits per heavy atom. The predicted octanol–water partition coefficient (Wildman–Crippen LogP) is 7.49. The third-order valence-electron chi connectivity index (χ3n) is 11.8. The fraction of sp³-hybridized carbons (Fsp3) is 0.306. The molecule has 0 amide bonds. The number of azide groups is 1. The summed E-state index contributed by atoms with van der Waals surface area (Å²) in [6.07, 6.45) is -3.25. The Hall–Kier alpha value is -6.25. The van der Waals surface area contributed by atoms with Gasteiger partial charge in [-0.1, -0.05) is 141 Å². The maximum atomic E-state index is 13.7. The highest BCUT2D eigenvalue weighted by atomic mass is 28.4. The normalized spacial score (nSPS) is 18.3. The molecular formula is C49H53N5O8Si. The molecule has 14 heteroatoms. The smallest absolute Gasteiger partial charge is 0.330 e. The molecule has 0 aliphatic carbocycles. The van der Waals surface area contributed by atoms with Crippen LogP contribution in [0.4, 0.5) is 0 Å². The first-order valence-electron chi connectivity index (χ1n) is 20.8. The van der Waals surface area contributed by atoms with Crippen LogP contribution in [-0.2, 0) is 24.2 Å². The van der Waals surface area contributed by atoms with Crippen LogP contribution in [0.3, 0.4) is 0 Å². The van der Waals surface area contributed by atoms with Crippen LogP contribution in [0.5, 0.6) is 11.5 Å². The first kappa shape index (κ1) is 44.8. The Labute approximate surface area is 367 Å². The second-order valence-corrected chi connectivity index (χ2v) is 20.6. The van der Waals surface area contributed by atoms with Crippen molar-refractivity contribution in [1.29, 1.82) is 0 Å². The summed E-state index contributed by atoms with van der Waals surface area (Å²) in [4.78, 5) is 31.6. The van der Waals surface area contributed by atoms with Crippen LogP contribution in [0, 0.1) is 0 Å². The largest absolute Gasteiger partial charge is 0.497 e. The maximum Gasteiger partial charge on any atom is 0.330 e. The van der Waals surface area contributed by atoms with E-state index in [-0.39, 0.29) is 13.0 Å². The first-order valence-corrected chi connectivity index (χ1v) is 22.7. The number of nitrogens with zero attached hydrogens (tertiary/aromatic N) is 4. The van der Waals surface area contributed by atoms with Crippen LogP contribution in [0.2, 0.25) is 5.04 Å². The van der Waals surface area contributed by atoms with E-state index in [0.717, 1.165) is 27.1 Å². The van der Waals surface area contributed by atoms with E-state index in [9.17, 15) is 15.1 Å². The van der Waals surface area contributed by atoms with Gasteiger partial charge < -0.3 is 28.1 Å². The molecule has 0 saturated carbocycles. The zero-order valence-electron chi connectivity index (χ0n) is 36.3. The molecule has 1 fully saturated rings. The van der Waals surface area contributed by atoms with Gasteiger partial charge in [-0.3, -0.25) is 14.3 Å². The van der Waals surface area contributed by atoms with Gasteiger partial charge in [0.1, 0.15) is 35.4 Å². The van der Waals surface area contributed by atoms with Crippen LogP contribution in [0.25, 0.3) is 10.4 Å². The van der Waals surface area contributed by atoms with E-state index in [4.69, 9.17) is 28.1 Å². The number of aromatic nitrogens is 2. The number of hydrogen-bond acceptors (Lipinski definition) is 9. The summed E-state index contributed by atoms with van der Waals surface area (Å²) in [7, 11) is 1.39. The molecule has 5 atom stereocenters. The van der Waals surface area contributed by atoms with Crippen molar-refractivity contribution >= 4 is 18.7 Å². The van der Waals surface area contributed by atoms with Crippen LogP contribution in [0.1, 0.15) is 50.1 Å². The highest BCUT2D eigenvalue weighted by Crippen LogP contribution is 2.47. The van der Waals surface area contributed by atoms with Gasteiger partial charge in [-0.25, -0.2) is 4.79 Å². The van der Waals surface area contributed by atoms with Crippen molar-refractivity contribution in [2.45, 2.75) is 68.5 Å². The molecule has 0 spiro atoms. The molecule has 1 unspecified atom stereocenters. The van der Waals surface area contributed by atoms with Crippen molar-refractivity contribution in [3.8, 4) is 11.5 Å². The molecule has 6 aromatic rings. The quantitative estimate of drug-likeness (QED) is 0.0325. The fourth-order valence-electron chi connectivity index (χ4n) is 8.87. The topological polar surface area (TPSA) is 159 Å². The molecule has 13 nitrogen and oxygen atoms in total. The molecule has 5 aromatic carbocycles. The minimum Gasteiger partial charge on any atom is -0.497 e. The molecule has 63 heavy (non-hydrogen) atoms. The van der Waals surface area contributed by atoms with E-state index < -0.39 is 60.8 Å². The van der Waals surface area contributed by atoms with Gasteiger partial charge in [0.05, 0.1) is 20.3 Å². The van der Waals surface area contributed by atoms with Gasteiger partial charge in [-0.2, -0.15) is 0 Å². The lowest BCUT2D eigenvalue weighted by Gasteiger charge is -2.47. The molecule has 1 N–H and O–H groups in total. The summed E-state index contributed by atoms with van der Waals surface area (Å²) in [5.41, 5.74) is 9.41. The van der Waals surface area contributed by atoms with Crippen molar-refractivity contribution < 1.29 is 28.1 Å². The molecule has 1 aliphatic heterocycles. The summed E-state index contributed by atoms with van der Waals surface area (Å²) in [5.74, 6) is 1.32. The van der Waals surface area contributed by atoms with E-state index in [1.165, 1.54) is 16.8 Å². The predicted molar refractivity (Wildman–Crippen MR) is 244 cm³/mol. The molecule has 7 rings (SSSR count). The van der Waals surface area contributed by atoms with Gasteiger partial charge in [0.15, 0.2) is 6.23 Å². The monoisotopic (exact) mass is 867 g/mol. The number of rotatable bonds is 17. The number of nitrogens with one attached hydrogen (secondary N) is 1. The zero-order chi connectivity index (χ0) is 44.6. The Balaban J connectivity index is 1.51. The standard InChI is InChI=1S/C49H53N5O8Si/c1-48(2,3)63(39-18-12-8-13-19-39,40-20-14-9-15-21-40)62-44-43(60-46(45(44)59-6)54-33-31-42(55)52-47(54)56)41(30-32-51-53-50)61-49(34-16-10-7-11-17-34,35-22-26-37(57-4)27-23-35)36-24-28-38(58-5)29-25-36/h7-29,31,33,41,43-46H,30,32H2,1-6H3,(H,52,55,56)/t41?,43-,44-,45-,46+/m1/s1. The van der Waals surface area contributed by atoms with E-state index in [2.05, 4.69) is 60.0 Å². The number of H-pyrrole nitrogens is 1. The maximum absolute atomic E-state index is 13.7. The van der Waals surface area contributed by atoms with Crippen molar-refractivity contribution in [2.24, 2.45) is 5.11 Å². The van der Waals surface area contributed by atoms with E-state index >= 15 is 0 Å². The molecule has 1 aromatic heterocycles. The molecule has 2 heterocycles. The third-order valence-corrected chi connectivity index (χ3v) is 16.8. The molecular weight excluding hydrogens is 815 g/mol. The van der Waals surface area contributed by atoms with Crippen LogP contribution < -0.4 is 31.1 Å². The Kier molecular flexibility index (Phi) is 13.8. The summed E-state index contributed by atoms with van der Waals surface area (Å²) in [6.45, 7) is 6.57. The zero-order valence-corrected chi connectivity index (χ0v) is 37.3. The van der Waals surface area contributed by atoms with Crippen molar-refractivity contribution in [3.63, 3.8) is 0 Å². The van der Waals surface area contributed by atoms with E-state index in [1.54, 1.807) is 21.3 Å². The minimum atomic E-state index is -3.39. The average molecular weight is 868 g/mol. The van der Waals surface area contributed by atoms with Gasteiger partial charge in [0.2, 0.25) is 0 Å².